The molecule has 3 heterocycles. The molecule has 2 saturated heterocycles. The molecule has 0 aliphatic carbocycles. The molecule has 1 aromatic heterocycles. The van der Waals surface area contributed by atoms with E-state index in [-0.39, 0.29) is 18.1 Å². The molecule has 2 N–H and O–H groups in total. The molecule has 1 aromatic carbocycles. The third kappa shape index (κ3) is 5.34. The van der Waals surface area contributed by atoms with Crippen LogP contribution in [0.3, 0.4) is 0 Å². The Balaban J connectivity index is 1.26. The molecule has 6 nitrogen and oxygen atoms in total. The lowest BCUT2D eigenvalue weighted by atomic mass is 10.1. The van der Waals surface area contributed by atoms with Crippen molar-refractivity contribution in [3.8, 4) is 5.75 Å². The minimum absolute atomic E-state index is 0.0644. The van der Waals surface area contributed by atoms with E-state index in [0.717, 1.165) is 63.3 Å². The van der Waals surface area contributed by atoms with E-state index in [0.29, 0.717) is 12.1 Å². The number of benzene rings is 1. The average molecular weight is 395 g/mol. The standard InChI is InChI=1S/C23H30N4O2/c24-19-4-3-13-27(16-19)23(28)18-6-8-21(9-7-18)29-22-10-14-26(15-11-22)17-20-5-1-2-12-25-20/h1-2,5-9,12,19,22H,3-4,10-11,13-17,24H2/t19-/m1/s1. The van der Waals surface area contributed by atoms with Gasteiger partial charge in [-0.05, 0) is 62.1 Å². The molecule has 154 valence electrons. The zero-order valence-electron chi connectivity index (χ0n) is 16.9. The third-order valence-corrected chi connectivity index (χ3v) is 5.80. The van der Waals surface area contributed by atoms with Crippen LogP contribution in [0, 0.1) is 0 Å². The number of ether oxygens (including phenoxy) is 1. The van der Waals surface area contributed by atoms with Gasteiger partial charge in [0.15, 0.2) is 0 Å². The van der Waals surface area contributed by atoms with Crippen molar-refractivity contribution in [2.75, 3.05) is 26.2 Å². The van der Waals surface area contributed by atoms with Gasteiger partial charge >= 0.3 is 0 Å². The predicted molar refractivity (Wildman–Crippen MR) is 113 cm³/mol. The fourth-order valence-electron chi connectivity index (χ4n) is 4.15. The first-order chi connectivity index (χ1) is 14.2. The summed E-state index contributed by atoms with van der Waals surface area (Å²) in [6.45, 7) is 4.35. The van der Waals surface area contributed by atoms with E-state index < -0.39 is 0 Å². The molecule has 4 rings (SSSR count). The van der Waals surface area contributed by atoms with Crippen LogP contribution < -0.4 is 10.5 Å². The number of piperidine rings is 2. The van der Waals surface area contributed by atoms with Crippen molar-refractivity contribution < 1.29 is 9.53 Å². The second-order valence-corrected chi connectivity index (χ2v) is 8.09. The summed E-state index contributed by atoms with van der Waals surface area (Å²) < 4.78 is 6.16. The Bertz CT molecular complexity index is 788. The van der Waals surface area contributed by atoms with Crippen molar-refractivity contribution in [3.05, 3.63) is 59.9 Å². The van der Waals surface area contributed by atoms with Gasteiger partial charge in [0.2, 0.25) is 0 Å². The Morgan fingerprint density at radius 3 is 2.55 bits per heavy atom. The van der Waals surface area contributed by atoms with Gasteiger partial charge in [-0.2, -0.15) is 0 Å². The van der Waals surface area contributed by atoms with Crippen LogP contribution >= 0.6 is 0 Å². The first-order valence-electron chi connectivity index (χ1n) is 10.6. The van der Waals surface area contributed by atoms with Gasteiger partial charge in [-0.3, -0.25) is 14.7 Å². The summed E-state index contributed by atoms with van der Waals surface area (Å²) in [5, 5.41) is 0. The molecule has 2 aliphatic heterocycles. The van der Waals surface area contributed by atoms with E-state index >= 15 is 0 Å². The van der Waals surface area contributed by atoms with E-state index in [9.17, 15) is 4.79 Å². The minimum atomic E-state index is 0.0644. The van der Waals surface area contributed by atoms with Crippen molar-refractivity contribution in [3.63, 3.8) is 0 Å². The highest BCUT2D eigenvalue weighted by atomic mass is 16.5. The lowest BCUT2D eigenvalue weighted by Crippen LogP contribution is -2.45. The van der Waals surface area contributed by atoms with E-state index in [2.05, 4.69) is 16.0 Å². The number of likely N-dealkylation sites (tertiary alicyclic amines) is 2. The van der Waals surface area contributed by atoms with Crippen LogP contribution in [0.5, 0.6) is 5.75 Å². The normalized spacial score (nSPS) is 21.1. The zero-order valence-corrected chi connectivity index (χ0v) is 16.9. The van der Waals surface area contributed by atoms with Crippen molar-refractivity contribution in [2.24, 2.45) is 5.73 Å². The van der Waals surface area contributed by atoms with Crippen LogP contribution in [0.1, 0.15) is 41.7 Å². The van der Waals surface area contributed by atoms with E-state index in [1.807, 2.05) is 47.5 Å². The highest BCUT2D eigenvalue weighted by Gasteiger charge is 2.23. The largest absolute Gasteiger partial charge is 0.490 e. The number of aromatic nitrogens is 1. The first-order valence-corrected chi connectivity index (χ1v) is 10.6. The zero-order chi connectivity index (χ0) is 20.1. The van der Waals surface area contributed by atoms with Crippen LogP contribution in [-0.4, -0.2) is 59.0 Å². The predicted octanol–water partition coefficient (Wildman–Crippen LogP) is 2.69. The highest BCUT2D eigenvalue weighted by Crippen LogP contribution is 2.21. The van der Waals surface area contributed by atoms with Gasteiger partial charge in [0.05, 0.1) is 5.69 Å². The molecule has 1 atom stereocenters. The average Bonchev–Trinajstić information content (AvgIpc) is 2.76. The van der Waals surface area contributed by atoms with E-state index in [4.69, 9.17) is 10.5 Å². The number of pyridine rings is 1. The summed E-state index contributed by atoms with van der Waals surface area (Å²) in [5.74, 6) is 0.898. The molecular formula is C23H30N4O2. The molecular weight excluding hydrogens is 364 g/mol. The van der Waals surface area contributed by atoms with Crippen molar-refractivity contribution in [1.29, 1.82) is 0 Å². The van der Waals surface area contributed by atoms with Crippen molar-refractivity contribution in [2.45, 2.75) is 44.4 Å². The van der Waals surface area contributed by atoms with E-state index in [1.165, 1.54) is 0 Å². The number of nitrogens with zero attached hydrogens (tertiary/aromatic N) is 3. The molecule has 0 saturated carbocycles. The number of nitrogens with two attached hydrogens (primary N) is 1. The number of rotatable bonds is 5. The monoisotopic (exact) mass is 394 g/mol. The molecule has 0 radical (unpaired) electrons. The third-order valence-electron chi connectivity index (χ3n) is 5.80. The molecule has 2 fully saturated rings. The minimum Gasteiger partial charge on any atom is -0.490 e. The number of hydrogen-bond acceptors (Lipinski definition) is 5. The Kier molecular flexibility index (Phi) is 6.42. The van der Waals surface area contributed by atoms with Gasteiger partial charge < -0.3 is 15.4 Å². The van der Waals surface area contributed by atoms with Crippen LogP contribution in [0.2, 0.25) is 0 Å². The topological polar surface area (TPSA) is 71.7 Å². The quantitative estimate of drug-likeness (QED) is 0.844. The molecule has 2 aliphatic rings. The van der Waals surface area contributed by atoms with E-state index in [1.54, 1.807) is 0 Å². The SMILES string of the molecule is N[C@@H]1CCCN(C(=O)c2ccc(OC3CCN(Cc4ccccn4)CC3)cc2)C1. The molecule has 6 heteroatoms. The number of amides is 1. The summed E-state index contributed by atoms with van der Waals surface area (Å²) in [4.78, 5) is 21.3. The Morgan fingerprint density at radius 2 is 1.86 bits per heavy atom. The second-order valence-electron chi connectivity index (χ2n) is 8.09. The van der Waals surface area contributed by atoms with Gasteiger partial charge in [-0.25, -0.2) is 0 Å². The van der Waals surface area contributed by atoms with Crippen LogP contribution in [-0.2, 0) is 6.54 Å². The second kappa shape index (κ2) is 9.37. The molecule has 0 spiro atoms. The van der Waals surface area contributed by atoms with Gasteiger partial charge in [-0.1, -0.05) is 6.07 Å². The van der Waals surface area contributed by atoms with Crippen molar-refractivity contribution >= 4 is 5.91 Å². The van der Waals surface area contributed by atoms with Gasteiger partial charge in [0.1, 0.15) is 11.9 Å². The fourth-order valence-corrected chi connectivity index (χ4v) is 4.15. The van der Waals surface area contributed by atoms with Crippen LogP contribution in [0.15, 0.2) is 48.7 Å². The van der Waals surface area contributed by atoms with Gasteiger partial charge in [-0.15, -0.1) is 0 Å². The molecule has 29 heavy (non-hydrogen) atoms. The maximum absolute atomic E-state index is 12.7. The highest BCUT2D eigenvalue weighted by molar-refractivity contribution is 5.94. The molecule has 0 bridgehead atoms. The summed E-state index contributed by atoms with van der Waals surface area (Å²) in [5.41, 5.74) is 7.82. The Morgan fingerprint density at radius 1 is 1.07 bits per heavy atom. The fraction of sp³-hybridized carbons (Fsp3) is 0.478. The van der Waals surface area contributed by atoms with Crippen molar-refractivity contribution in [1.82, 2.24) is 14.8 Å². The Labute approximate surface area is 172 Å². The lowest BCUT2D eigenvalue weighted by molar-refractivity contribution is 0.0708. The molecule has 1 amide bonds. The molecule has 2 aromatic rings. The van der Waals surface area contributed by atoms with Gasteiger partial charge in [0.25, 0.3) is 5.91 Å². The molecule has 0 unspecified atom stereocenters. The lowest BCUT2D eigenvalue weighted by Gasteiger charge is -2.32. The maximum Gasteiger partial charge on any atom is 0.253 e. The van der Waals surface area contributed by atoms with Crippen LogP contribution in [0.25, 0.3) is 0 Å². The number of carbonyl (C=O) groups excluding carboxylic acids is 1. The van der Waals surface area contributed by atoms with Crippen LogP contribution in [0.4, 0.5) is 0 Å². The first kappa shape index (κ1) is 19.9. The Hall–Kier alpha value is -2.44. The smallest absolute Gasteiger partial charge is 0.253 e. The summed E-state index contributed by atoms with van der Waals surface area (Å²) in [7, 11) is 0. The number of carbonyl (C=O) groups is 1. The maximum atomic E-state index is 12.7. The summed E-state index contributed by atoms with van der Waals surface area (Å²) in [6.07, 6.45) is 6.04. The van der Waals surface area contributed by atoms with Gasteiger partial charge in [0, 0.05) is 50.5 Å². The number of hydrogen-bond donors (Lipinski definition) is 1. The summed E-state index contributed by atoms with van der Waals surface area (Å²) in [6, 6.07) is 13.7. The summed E-state index contributed by atoms with van der Waals surface area (Å²) >= 11 is 0.